The van der Waals surface area contributed by atoms with Crippen LogP contribution in [0.5, 0.6) is 0 Å². The van der Waals surface area contributed by atoms with Crippen LogP contribution in [0.3, 0.4) is 0 Å². The van der Waals surface area contributed by atoms with Gasteiger partial charge in [-0.25, -0.2) is 0 Å². The number of hydrogen-bond acceptors (Lipinski definition) is 2. The van der Waals surface area contributed by atoms with Gasteiger partial charge in [0.25, 0.3) is 6.29 Å². The first-order valence-electron chi connectivity index (χ1n) is 2.80. The summed E-state index contributed by atoms with van der Waals surface area (Å²) in [5.41, 5.74) is 0.906. The van der Waals surface area contributed by atoms with Crippen LogP contribution in [0.4, 0.5) is 0 Å². The Morgan fingerprint density at radius 3 is 2.56 bits per heavy atom. The fourth-order valence-electron chi connectivity index (χ4n) is 0.355. The maximum Gasteiger partial charge on any atom is 0.276 e. The van der Waals surface area contributed by atoms with Crippen molar-refractivity contribution in [3.63, 3.8) is 0 Å². The molecule has 49 valence electrons. The van der Waals surface area contributed by atoms with Crippen molar-refractivity contribution in [3.05, 3.63) is 11.6 Å². The Morgan fingerprint density at radius 1 is 1.67 bits per heavy atom. The van der Waals surface area contributed by atoms with Gasteiger partial charge in [-0.1, -0.05) is 12.5 Å². The van der Waals surface area contributed by atoms with E-state index in [2.05, 4.69) is 0 Å². The lowest BCUT2D eigenvalue weighted by Gasteiger charge is -1.87. The summed E-state index contributed by atoms with van der Waals surface area (Å²) >= 11 is 0. The van der Waals surface area contributed by atoms with Gasteiger partial charge in [0.05, 0.1) is 0 Å². The number of hydrogen-bond donors (Lipinski definition) is 0. The van der Waals surface area contributed by atoms with Gasteiger partial charge < -0.3 is 0 Å². The molecular formula is C7H9O2. The highest BCUT2D eigenvalue weighted by atomic mass is 16.2. The van der Waals surface area contributed by atoms with Crippen LogP contribution in [0, 0.1) is 0 Å². The first-order chi connectivity index (χ1) is 4.20. The maximum absolute atomic E-state index is 10.3. The van der Waals surface area contributed by atoms with Gasteiger partial charge in [-0.2, -0.15) is 0 Å². The molecule has 0 fully saturated rings. The van der Waals surface area contributed by atoms with Crippen LogP contribution in [0.1, 0.15) is 20.3 Å². The van der Waals surface area contributed by atoms with Crippen LogP contribution in [-0.2, 0) is 9.59 Å². The number of carbonyl (C=O) groups is 1. The predicted molar refractivity (Wildman–Crippen MR) is 34.7 cm³/mol. The van der Waals surface area contributed by atoms with Gasteiger partial charge in [0.15, 0.2) is 0 Å². The normalized spacial score (nSPS) is 11.1. The van der Waals surface area contributed by atoms with Crippen molar-refractivity contribution >= 4 is 12.1 Å². The molecule has 0 bridgehead atoms. The van der Waals surface area contributed by atoms with Crippen LogP contribution in [-0.4, -0.2) is 12.1 Å². The molecule has 0 N–H and O–H groups in total. The van der Waals surface area contributed by atoms with Gasteiger partial charge in [-0.05, 0) is 19.4 Å². The third kappa shape index (κ3) is 3.64. The molecule has 0 saturated carbocycles. The molecular weight excluding hydrogens is 116 g/mol. The number of rotatable bonds is 3. The highest BCUT2D eigenvalue weighted by Gasteiger charge is 1.93. The van der Waals surface area contributed by atoms with E-state index in [1.165, 1.54) is 12.4 Å². The topological polar surface area (TPSA) is 34.1 Å². The molecule has 9 heavy (non-hydrogen) atoms. The average molecular weight is 125 g/mol. The van der Waals surface area contributed by atoms with Gasteiger partial charge in [0.2, 0.25) is 5.78 Å². The second kappa shape index (κ2) is 4.01. The Morgan fingerprint density at radius 2 is 2.22 bits per heavy atom. The number of ketones is 1. The largest absolute Gasteiger partial charge is 0.285 e. The first kappa shape index (κ1) is 8.08. The van der Waals surface area contributed by atoms with Crippen LogP contribution in [0.2, 0.25) is 0 Å². The Balaban J connectivity index is 3.94. The molecule has 0 unspecified atom stereocenters. The Hall–Kier alpha value is -0.920. The van der Waals surface area contributed by atoms with Gasteiger partial charge >= 0.3 is 0 Å². The van der Waals surface area contributed by atoms with Crippen molar-refractivity contribution in [1.82, 2.24) is 0 Å². The molecule has 0 amide bonds. The van der Waals surface area contributed by atoms with Crippen molar-refractivity contribution in [2.45, 2.75) is 20.3 Å². The molecule has 0 rings (SSSR count). The van der Waals surface area contributed by atoms with Crippen LogP contribution >= 0.6 is 0 Å². The highest BCUT2D eigenvalue weighted by Crippen LogP contribution is 1.95. The zero-order chi connectivity index (χ0) is 7.28. The van der Waals surface area contributed by atoms with E-state index in [1.54, 1.807) is 6.92 Å². The molecule has 1 radical (unpaired) electrons. The second-order valence-corrected chi connectivity index (χ2v) is 1.81. The standard InChI is InChI=1S/C7H9O2/c1-3-6(2)4-7(9)5-8/h4H,3H2,1-2H3. The summed E-state index contributed by atoms with van der Waals surface area (Å²) < 4.78 is 0. The summed E-state index contributed by atoms with van der Waals surface area (Å²) in [5.74, 6) is -0.575. The minimum Gasteiger partial charge on any atom is -0.285 e. The van der Waals surface area contributed by atoms with E-state index in [9.17, 15) is 9.59 Å². The summed E-state index contributed by atoms with van der Waals surface area (Å²) in [7, 11) is 0. The molecule has 0 aliphatic rings. The Bertz CT molecular complexity index is 145. The summed E-state index contributed by atoms with van der Waals surface area (Å²) in [6.45, 7) is 3.72. The summed E-state index contributed by atoms with van der Waals surface area (Å²) in [6, 6.07) is 0. The lowest BCUT2D eigenvalue weighted by Crippen LogP contribution is -1.93. The molecule has 0 saturated heterocycles. The van der Waals surface area contributed by atoms with E-state index in [4.69, 9.17) is 0 Å². The van der Waals surface area contributed by atoms with Crippen molar-refractivity contribution in [2.24, 2.45) is 0 Å². The minimum absolute atomic E-state index is 0.575. The third-order valence-corrected chi connectivity index (χ3v) is 1.04. The quantitative estimate of drug-likeness (QED) is 0.417. The zero-order valence-corrected chi connectivity index (χ0v) is 5.60. The molecule has 0 aromatic rings. The Kier molecular flexibility index (Phi) is 3.60. The molecule has 0 atom stereocenters. The summed E-state index contributed by atoms with van der Waals surface area (Å²) in [5, 5.41) is 0. The first-order valence-corrected chi connectivity index (χ1v) is 2.80. The fourth-order valence-corrected chi connectivity index (χ4v) is 0.355. The van der Waals surface area contributed by atoms with E-state index in [0.717, 1.165) is 12.0 Å². The predicted octanol–water partition coefficient (Wildman–Crippen LogP) is 1.02. The maximum atomic E-state index is 10.3. The monoisotopic (exact) mass is 125 g/mol. The van der Waals surface area contributed by atoms with Crippen molar-refractivity contribution in [1.29, 1.82) is 0 Å². The van der Waals surface area contributed by atoms with Crippen LogP contribution in [0.25, 0.3) is 0 Å². The molecule has 0 heterocycles. The highest BCUT2D eigenvalue weighted by molar-refractivity contribution is 6.30. The summed E-state index contributed by atoms with van der Waals surface area (Å²) in [6.07, 6.45) is 3.36. The average Bonchev–Trinajstić information content (AvgIpc) is 1.87. The van der Waals surface area contributed by atoms with Crippen LogP contribution in [0.15, 0.2) is 11.6 Å². The van der Waals surface area contributed by atoms with E-state index < -0.39 is 5.78 Å². The van der Waals surface area contributed by atoms with Gasteiger partial charge in [-0.15, -0.1) is 0 Å². The van der Waals surface area contributed by atoms with Crippen LogP contribution < -0.4 is 0 Å². The third-order valence-electron chi connectivity index (χ3n) is 1.04. The molecule has 0 aliphatic carbocycles. The molecule has 0 aromatic heterocycles. The lowest BCUT2D eigenvalue weighted by molar-refractivity contribution is -0.109. The van der Waals surface area contributed by atoms with Gasteiger partial charge in [-0.3, -0.25) is 9.59 Å². The molecule has 0 spiro atoms. The van der Waals surface area contributed by atoms with Crippen molar-refractivity contribution in [3.8, 4) is 0 Å². The fraction of sp³-hybridized carbons (Fsp3) is 0.429. The number of carbonyl (C=O) groups excluding carboxylic acids is 2. The van der Waals surface area contributed by atoms with E-state index in [-0.39, 0.29) is 0 Å². The Labute approximate surface area is 54.6 Å². The zero-order valence-electron chi connectivity index (χ0n) is 5.60. The van der Waals surface area contributed by atoms with Crippen molar-refractivity contribution in [2.75, 3.05) is 0 Å². The molecule has 0 aliphatic heterocycles. The SMILES string of the molecule is CCC(C)=CC(=O)[C]=O. The van der Waals surface area contributed by atoms with E-state index in [0.29, 0.717) is 0 Å². The molecule has 0 aromatic carbocycles. The van der Waals surface area contributed by atoms with E-state index in [1.807, 2.05) is 6.92 Å². The van der Waals surface area contributed by atoms with E-state index >= 15 is 0 Å². The van der Waals surface area contributed by atoms with Crippen molar-refractivity contribution < 1.29 is 9.59 Å². The number of allylic oxidation sites excluding steroid dienone is 2. The van der Waals surface area contributed by atoms with Gasteiger partial charge in [0, 0.05) is 0 Å². The molecule has 2 heteroatoms. The minimum atomic E-state index is -0.575. The molecule has 2 nitrogen and oxygen atoms in total. The second-order valence-electron chi connectivity index (χ2n) is 1.81. The smallest absolute Gasteiger partial charge is 0.276 e. The summed E-state index contributed by atoms with van der Waals surface area (Å²) in [4.78, 5) is 19.9. The van der Waals surface area contributed by atoms with Gasteiger partial charge in [0.1, 0.15) is 0 Å². The lowest BCUT2D eigenvalue weighted by atomic mass is 10.2.